The fourth-order valence-electron chi connectivity index (χ4n) is 4.66. The van der Waals surface area contributed by atoms with Crippen LogP contribution >= 0.6 is 0 Å². The molecule has 0 atom stereocenters. The number of carbonyl (C=O) groups is 2. The minimum absolute atomic E-state index is 0.117. The van der Waals surface area contributed by atoms with Crippen molar-refractivity contribution in [2.24, 2.45) is 5.92 Å². The maximum absolute atomic E-state index is 13.2. The van der Waals surface area contributed by atoms with E-state index in [1.54, 1.807) is 11.1 Å². The van der Waals surface area contributed by atoms with Crippen LogP contribution in [0.4, 0.5) is 4.79 Å². The molecule has 0 radical (unpaired) electrons. The number of hydrogen-bond donors (Lipinski definition) is 1. The number of carbonyl (C=O) groups excluding carboxylic acids is 2. The molecular weight excluding hydrogens is 452 g/mol. The first kappa shape index (κ1) is 23.7. The van der Waals surface area contributed by atoms with E-state index >= 15 is 0 Å². The number of Topliss-reactive ketones (excluding diaryl/α,β-unsaturated/α-hetero) is 1. The van der Waals surface area contributed by atoms with Crippen LogP contribution in [0.5, 0.6) is 5.75 Å². The number of aromatic nitrogens is 1. The SMILES string of the molecule is O=C(CC1CCN(C(=O)OCc2ccccc2)CC1)c1c[nH]c2ccc(OCc3ccccc3)cc12. The Kier molecular flexibility index (Phi) is 7.31. The molecule has 1 amide bonds. The number of nitrogens with zero attached hydrogens (tertiary/aromatic N) is 1. The summed E-state index contributed by atoms with van der Waals surface area (Å²) < 4.78 is 11.4. The van der Waals surface area contributed by atoms with Crippen molar-refractivity contribution in [3.05, 3.63) is 102 Å². The molecule has 2 heterocycles. The molecule has 1 aliphatic heterocycles. The second kappa shape index (κ2) is 11.1. The third-order valence-corrected chi connectivity index (χ3v) is 6.75. The van der Waals surface area contributed by atoms with Crippen LogP contribution in [0.25, 0.3) is 10.9 Å². The number of H-pyrrole nitrogens is 1. The minimum Gasteiger partial charge on any atom is -0.489 e. The number of benzene rings is 3. The lowest BCUT2D eigenvalue weighted by atomic mass is 9.90. The molecule has 0 saturated carbocycles. The van der Waals surface area contributed by atoms with E-state index in [-0.39, 0.29) is 24.4 Å². The molecule has 6 nitrogen and oxygen atoms in total. The first-order valence-electron chi connectivity index (χ1n) is 12.4. The molecule has 0 unspecified atom stereocenters. The van der Waals surface area contributed by atoms with Gasteiger partial charge in [0.2, 0.25) is 0 Å². The molecule has 1 aliphatic rings. The molecule has 6 heteroatoms. The fraction of sp³-hybridized carbons (Fsp3) is 0.267. The van der Waals surface area contributed by atoms with Crippen LogP contribution < -0.4 is 4.74 Å². The van der Waals surface area contributed by atoms with Crippen LogP contribution in [-0.2, 0) is 18.0 Å². The molecule has 4 aromatic rings. The highest BCUT2D eigenvalue weighted by Gasteiger charge is 2.26. The van der Waals surface area contributed by atoms with Crippen molar-refractivity contribution < 1.29 is 19.1 Å². The number of fused-ring (bicyclic) bond motifs is 1. The van der Waals surface area contributed by atoms with Gasteiger partial charge in [-0.25, -0.2) is 4.79 Å². The van der Waals surface area contributed by atoms with Gasteiger partial charge in [-0.15, -0.1) is 0 Å². The van der Waals surface area contributed by atoms with E-state index in [0.717, 1.165) is 40.6 Å². The van der Waals surface area contributed by atoms with E-state index in [4.69, 9.17) is 9.47 Å². The van der Waals surface area contributed by atoms with Crippen molar-refractivity contribution >= 4 is 22.8 Å². The molecule has 184 valence electrons. The van der Waals surface area contributed by atoms with E-state index in [1.165, 1.54) is 0 Å². The summed E-state index contributed by atoms with van der Waals surface area (Å²) in [4.78, 5) is 30.6. The maximum atomic E-state index is 13.2. The fourth-order valence-corrected chi connectivity index (χ4v) is 4.66. The molecule has 0 aliphatic carbocycles. The summed E-state index contributed by atoms with van der Waals surface area (Å²) in [7, 11) is 0. The number of likely N-dealkylation sites (tertiary alicyclic amines) is 1. The molecule has 36 heavy (non-hydrogen) atoms. The first-order chi connectivity index (χ1) is 17.7. The van der Waals surface area contributed by atoms with Crippen molar-refractivity contribution in [3.8, 4) is 5.75 Å². The highest BCUT2D eigenvalue weighted by Crippen LogP contribution is 2.28. The molecule has 1 N–H and O–H groups in total. The lowest BCUT2D eigenvalue weighted by molar-refractivity contribution is 0.0784. The number of piperidine rings is 1. The maximum Gasteiger partial charge on any atom is 0.410 e. The lowest BCUT2D eigenvalue weighted by Crippen LogP contribution is -2.39. The monoisotopic (exact) mass is 482 g/mol. The summed E-state index contributed by atoms with van der Waals surface area (Å²) in [5.41, 5.74) is 3.68. The lowest BCUT2D eigenvalue weighted by Gasteiger charge is -2.31. The predicted octanol–water partition coefficient (Wildman–Crippen LogP) is 6.37. The van der Waals surface area contributed by atoms with Crippen molar-refractivity contribution in [1.82, 2.24) is 9.88 Å². The number of rotatable bonds is 8. The Morgan fingerprint density at radius 2 is 1.53 bits per heavy atom. The van der Waals surface area contributed by atoms with Gasteiger partial charge in [-0.3, -0.25) is 4.79 Å². The normalized spacial score (nSPS) is 14.1. The number of aromatic amines is 1. The van der Waals surface area contributed by atoms with Gasteiger partial charge in [0.1, 0.15) is 19.0 Å². The van der Waals surface area contributed by atoms with E-state index < -0.39 is 0 Å². The zero-order valence-electron chi connectivity index (χ0n) is 20.2. The molecule has 1 fully saturated rings. The highest BCUT2D eigenvalue weighted by atomic mass is 16.6. The Balaban J connectivity index is 1.14. The number of ether oxygens (including phenoxy) is 2. The number of nitrogens with one attached hydrogen (secondary N) is 1. The summed E-state index contributed by atoms with van der Waals surface area (Å²) in [6.45, 7) is 1.97. The van der Waals surface area contributed by atoms with E-state index in [9.17, 15) is 9.59 Å². The van der Waals surface area contributed by atoms with Gasteiger partial charge in [0.05, 0.1) is 0 Å². The molecule has 1 saturated heterocycles. The van der Waals surface area contributed by atoms with Crippen LogP contribution in [0.2, 0.25) is 0 Å². The summed E-state index contributed by atoms with van der Waals surface area (Å²) >= 11 is 0. The van der Waals surface area contributed by atoms with Gasteiger partial charge in [-0.1, -0.05) is 60.7 Å². The van der Waals surface area contributed by atoms with Gasteiger partial charge in [-0.2, -0.15) is 0 Å². The van der Waals surface area contributed by atoms with Gasteiger partial charge < -0.3 is 19.4 Å². The van der Waals surface area contributed by atoms with Crippen LogP contribution in [0, 0.1) is 5.92 Å². The number of hydrogen-bond acceptors (Lipinski definition) is 4. The predicted molar refractivity (Wildman–Crippen MR) is 139 cm³/mol. The molecular formula is C30H30N2O4. The molecule has 0 spiro atoms. The van der Waals surface area contributed by atoms with Crippen LogP contribution in [-0.4, -0.2) is 34.8 Å². The standard InChI is InChI=1S/C30H30N2O4/c33-29(17-22-13-15-32(16-14-22)30(34)36-21-24-9-5-2-6-10-24)27-19-31-28-12-11-25(18-26(27)28)35-20-23-7-3-1-4-8-23/h1-12,18-19,22,31H,13-17,20-21H2. The van der Waals surface area contributed by atoms with Crippen molar-refractivity contribution in [1.29, 1.82) is 0 Å². The van der Waals surface area contributed by atoms with Gasteiger partial charge in [-0.05, 0) is 48.1 Å². The zero-order chi connectivity index (χ0) is 24.7. The first-order valence-corrected chi connectivity index (χ1v) is 12.4. The van der Waals surface area contributed by atoms with Crippen LogP contribution in [0.15, 0.2) is 85.1 Å². The van der Waals surface area contributed by atoms with E-state index in [0.29, 0.717) is 31.7 Å². The van der Waals surface area contributed by atoms with Gasteiger partial charge in [0.25, 0.3) is 0 Å². The minimum atomic E-state index is -0.289. The summed E-state index contributed by atoms with van der Waals surface area (Å²) in [6.07, 6.45) is 3.56. The van der Waals surface area contributed by atoms with Crippen molar-refractivity contribution in [3.63, 3.8) is 0 Å². The summed E-state index contributed by atoms with van der Waals surface area (Å²) in [6, 6.07) is 25.5. The van der Waals surface area contributed by atoms with Gasteiger partial charge in [0, 0.05) is 42.2 Å². The van der Waals surface area contributed by atoms with Crippen molar-refractivity contribution in [2.75, 3.05) is 13.1 Å². The smallest absolute Gasteiger partial charge is 0.410 e. The van der Waals surface area contributed by atoms with Gasteiger partial charge in [0.15, 0.2) is 5.78 Å². The quantitative estimate of drug-likeness (QED) is 0.296. The number of ketones is 1. The summed E-state index contributed by atoms with van der Waals surface area (Å²) in [5, 5.41) is 0.882. The highest BCUT2D eigenvalue weighted by molar-refractivity contribution is 6.08. The van der Waals surface area contributed by atoms with Crippen molar-refractivity contribution in [2.45, 2.75) is 32.5 Å². The van der Waals surface area contributed by atoms with E-state index in [2.05, 4.69) is 4.98 Å². The zero-order valence-corrected chi connectivity index (χ0v) is 20.2. The second-order valence-electron chi connectivity index (χ2n) is 9.28. The average molecular weight is 483 g/mol. The van der Waals surface area contributed by atoms with E-state index in [1.807, 2.05) is 78.9 Å². The number of amides is 1. The Morgan fingerprint density at radius 1 is 0.861 bits per heavy atom. The molecule has 5 rings (SSSR count). The Bertz CT molecular complexity index is 1310. The second-order valence-corrected chi connectivity index (χ2v) is 9.28. The topological polar surface area (TPSA) is 71.6 Å². The largest absolute Gasteiger partial charge is 0.489 e. The Labute approximate surface area is 210 Å². The van der Waals surface area contributed by atoms with Gasteiger partial charge >= 0.3 is 6.09 Å². The summed E-state index contributed by atoms with van der Waals surface area (Å²) in [5.74, 6) is 1.10. The third kappa shape index (κ3) is 5.77. The molecule has 1 aromatic heterocycles. The van der Waals surface area contributed by atoms with Crippen LogP contribution in [0.3, 0.4) is 0 Å². The molecule has 0 bridgehead atoms. The Hall–Kier alpha value is -4.06. The Morgan fingerprint density at radius 3 is 2.22 bits per heavy atom. The third-order valence-electron chi connectivity index (χ3n) is 6.75. The molecule has 3 aromatic carbocycles. The van der Waals surface area contributed by atoms with Crippen LogP contribution in [0.1, 0.15) is 40.7 Å². The average Bonchev–Trinajstić information content (AvgIpc) is 3.36.